The summed E-state index contributed by atoms with van der Waals surface area (Å²) in [4.78, 5) is 23.7. The molecule has 1 aliphatic rings. The number of carboxylic acid groups (broad SMARTS) is 1. The van der Waals surface area contributed by atoms with E-state index in [4.69, 9.17) is 0 Å². The molecule has 0 bridgehead atoms. The number of rotatable bonds is 4. The zero-order valence-corrected chi connectivity index (χ0v) is 11.0. The highest BCUT2D eigenvalue weighted by molar-refractivity contribution is 5.88. The van der Waals surface area contributed by atoms with Crippen molar-refractivity contribution in [3.63, 3.8) is 0 Å². The van der Waals surface area contributed by atoms with Crippen molar-refractivity contribution in [3.05, 3.63) is 18.5 Å². The molecule has 0 spiro atoms. The Morgan fingerprint density at radius 3 is 2.58 bits per heavy atom. The number of aliphatic carboxylic acids is 1. The summed E-state index contributed by atoms with van der Waals surface area (Å²) < 4.78 is 1.52. The van der Waals surface area contributed by atoms with E-state index < -0.39 is 17.6 Å². The van der Waals surface area contributed by atoms with Gasteiger partial charge in [-0.2, -0.15) is 5.10 Å². The van der Waals surface area contributed by atoms with Crippen LogP contribution in [0.5, 0.6) is 0 Å². The van der Waals surface area contributed by atoms with Gasteiger partial charge in [0.1, 0.15) is 11.6 Å². The number of hydrogen-bond donors (Lipinski definition) is 2. The minimum atomic E-state index is -1.10. The fourth-order valence-corrected chi connectivity index (χ4v) is 2.52. The van der Waals surface area contributed by atoms with E-state index in [2.05, 4.69) is 10.4 Å². The van der Waals surface area contributed by atoms with Crippen LogP contribution in [-0.2, 0) is 9.59 Å². The highest BCUT2D eigenvalue weighted by Crippen LogP contribution is 2.29. The van der Waals surface area contributed by atoms with Crippen LogP contribution in [0, 0.1) is 0 Å². The van der Waals surface area contributed by atoms with Crippen LogP contribution in [0.25, 0.3) is 0 Å². The molecule has 6 heteroatoms. The number of carbonyl (C=O) groups excluding carboxylic acids is 1. The minimum Gasteiger partial charge on any atom is -0.480 e. The molecular formula is C13H19N3O3. The van der Waals surface area contributed by atoms with Crippen molar-refractivity contribution in [1.82, 2.24) is 15.1 Å². The molecule has 1 unspecified atom stereocenters. The Kier molecular flexibility index (Phi) is 3.87. The van der Waals surface area contributed by atoms with Crippen molar-refractivity contribution in [3.8, 4) is 0 Å². The van der Waals surface area contributed by atoms with Gasteiger partial charge in [-0.25, -0.2) is 4.79 Å². The summed E-state index contributed by atoms with van der Waals surface area (Å²) in [5.74, 6) is -1.23. The fourth-order valence-electron chi connectivity index (χ4n) is 2.52. The summed E-state index contributed by atoms with van der Waals surface area (Å²) in [7, 11) is 0. The molecule has 1 atom stereocenters. The van der Waals surface area contributed by atoms with Gasteiger partial charge >= 0.3 is 5.97 Å². The Morgan fingerprint density at radius 2 is 2.05 bits per heavy atom. The quantitative estimate of drug-likeness (QED) is 0.860. The molecule has 1 fully saturated rings. The van der Waals surface area contributed by atoms with Crippen molar-refractivity contribution < 1.29 is 14.7 Å². The third-order valence-corrected chi connectivity index (χ3v) is 3.78. The van der Waals surface area contributed by atoms with Crippen LogP contribution in [0.15, 0.2) is 18.5 Å². The molecular weight excluding hydrogens is 246 g/mol. The second-order valence-corrected chi connectivity index (χ2v) is 5.10. The van der Waals surface area contributed by atoms with E-state index in [0.717, 1.165) is 19.3 Å². The lowest BCUT2D eigenvalue weighted by Gasteiger charge is -2.34. The van der Waals surface area contributed by atoms with Gasteiger partial charge in [-0.15, -0.1) is 0 Å². The Morgan fingerprint density at radius 1 is 1.37 bits per heavy atom. The molecule has 1 saturated carbocycles. The van der Waals surface area contributed by atoms with Gasteiger partial charge in [0.25, 0.3) is 0 Å². The first-order valence-corrected chi connectivity index (χ1v) is 6.60. The molecule has 19 heavy (non-hydrogen) atoms. The summed E-state index contributed by atoms with van der Waals surface area (Å²) in [5, 5.41) is 16.1. The van der Waals surface area contributed by atoms with Crippen LogP contribution in [0.3, 0.4) is 0 Å². The lowest BCUT2D eigenvalue weighted by Crippen LogP contribution is -2.56. The average molecular weight is 265 g/mol. The Hall–Kier alpha value is -1.85. The summed E-state index contributed by atoms with van der Waals surface area (Å²) in [5.41, 5.74) is -1.10. The Labute approximate surface area is 111 Å². The van der Waals surface area contributed by atoms with Gasteiger partial charge in [0, 0.05) is 12.4 Å². The Bertz CT molecular complexity index is 450. The molecule has 2 rings (SSSR count). The van der Waals surface area contributed by atoms with E-state index in [1.165, 1.54) is 4.68 Å². The first kappa shape index (κ1) is 13.6. The third-order valence-electron chi connectivity index (χ3n) is 3.78. The van der Waals surface area contributed by atoms with Crippen molar-refractivity contribution in [1.29, 1.82) is 0 Å². The molecule has 1 amide bonds. The van der Waals surface area contributed by atoms with Crippen LogP contribution < -0.4 is 5.32 Å². The standard InChI is InChI=1S/C13H19N3O3/c1-10(16-9-5-8-14-16)11(17)15-13(12(18)19)6-3-2-4-7-13/h5,8-10H,2-4,6-7H2,1H3,(H,15,17)(H,18,19). The monoisotopic (exact) mass is 265 g/mol. The van der Waals surface area contributed by atoms with Crippen LogP contribution in [0.2, 0.25) is 0 Å². The lowest BCUT2D eigenvalue weighted by molar-refractivity contribution is -0.149. The number of nitrogens with zero attached hydrogens (tertiary/aromatic N) is 2. The zero-order chi connectivity index (χ0) is 13.9. The van der Waals surface area contributed by atoms with Crippen molar-refractivity contribution in [2.24, 2.45) is 0 Å². The van der Waals surface area contributed by atoms with E-state index in [1.54, 1.807) is 25.4 Å². The van der Waals surface area contributed by atoms with Gasteiger partial charge in [-0.05, 0) is 25.8 Å². The van der Waals surface area contributed by atoms with Crippen LogP contribution >= 0.6 is 0 Å². The largest absolute Gasteiger partial charge is 0.480 e. The topological polar surface area (TPSA) is 84.2 Å². The van der Waals surface area contributed by atoms with Crippen molar-refractivity contribution in [2.45, 2.75) is 50.6 Å². The summed E-state index contributed by atoms with van der Waals surface area (Å²) >= 11 is 0. The maximum absolute atomic E-state index is 12.2. The van der Waals surface area contributed by atoms with Gasteiger partial charge < -0.3 is 10.4 Å². The van der Waals surface area contributed by atoms with Crippen LogP contribution in [-0.4, -0.2) is 32.3 Å². The number of carboxylic acids is 1. The molecule has 1 heterocycles. The number of carbonyl (C=O) groups is 2. The van der Waals surface area contributed by atoms with Crippen LogP contribution in [0.4, 0.5) is 0 Å². The summed E-state index contributed by atoms with van der Waals surface area (Å²) in [6.07, 6.45) is 6.99. The fraction of sp³-hybridized carbons (Fsp3) is 0.615. The van der Waals surface area contributed by atoms with Crippen molar-refractivity contribution >= 4 is 11.9 Å². The predicted molar refractivity (Wildman–Crippen MR) is 68.5 cm³/mol. The maximum atomic E-state index is 12.2. The van der Waals surface area contributed by atoms with E-state index in [0.29, 0.717) is 12.8 Å². The summed E-state index contributed by atoms with van der Waals surface area (Å²) in [6.45, 7) is 1.71. The van der Waals surface area contributed by atoms with E-state index >= 15 is 0 Å². The SMILES string of the molecule is CC(C(=O)NC1(C(=O)O)CCCCC1)n1cccn1. The molecule has 0 radical (unpaired) electrons. The van der Waals surface area contributed by atoms with E-state index in [-0.39, 0.29) is 5.91 Å². The van der Waals surface area contributed by atoms with Crippen molar-refractivity contribution in [2.75, 3.05) is 0 Å². The molecule has 6 nitrogen and oxygen atoms in total. The van der Waals surface area contributed by atoms with Gasteiger partial charge in [0.05, 0.1) is 0 Å². The van der Waals surface area contributed by atoms with E-state index in [1.807, 2.05) is 0 Å². The smallest absolute Gasteiger partial charge is 0.329 e. The molecule has 0 aliphatic heterocycles. The van der Waals surface area contributed by atoms with E-state index in [9.17, 15) is 14.7 Å². The summed E-state index contributed by atoms with van der Waals surface area (Å²) in [6, 6.07) is 1.23. The number of amides is 1. The molecule has 1 aromatic heterocycles. The van der Waals surface area contributed by atoms with Crippen LogP contribution in [0.1, 0.15) is 45.1 Å². The first-order chi connectivity index (χ1) is 9.05. The van der Waals surface area contributed by atoms with Gasteiger partial charge in [-0.3, -0.25) is 9.48 Å². The highest BCUT2D eigenvalue weighted by Gasteiger charge is 2.41. The molecule has 0 aromatic carbocycles. The third kappa shape index (κ3) is 2.77. The second-order valence-electron chi connectivity index (χ2n) is 5.10. The number of nitrogens with one attached hydrogen (secondary N) is 1. The molecule has 1 aliphatic carbocycles. The average Bonchev–Trinajstić information content (AvgIpc) is 2.92. The normalized spacial score (nSPS) is 19.6. The maximum Gasteiger partial charge on any atom is 0.329 e. The van der Waals surface area contributed by atoms with Gasteiger partial charge in [0.15, 0.2) is 0 Å². The number of hydrogen-bond acceptors (Lipinski definition) is 3. The molecule has 2 N–H and O–H groups in total. The first-order valence-electron chi connectivity index (χ1n) is 6.60. The Balaban J connectivity index is 2.09. The molecule has 1 aromatic rings. The lowest BCUT2D eigenvalue weighted by atomic mass is 9.81. The van der Waals surface area contributed by atoms with Gasteiger partial charge in [-0.1, -0.05) is 19.3 Å². The van der Waals surface area contributed by atoms with Gasteiger partial charge in [0.2, 0.25) is 5.91 Å². The minimum absolute atomic E-state index is 0.298. The molecule has 0 saturated heterocycles. The zero-order valence-electron chi connectivity index (χ0n) is 11.0. The highest BCUT2D eigenvalue weighted by atomic mass is 16.4. The second kappa shape index (κ2) is 5.42. The molecule has 104 valence electrons. The predicted octanol–water partition coefficient (Wildman–Crippen LogP) is 1.35. The number of aromatic nitrogens is 2.